The number of ether oxygens (including phenoxy) is 1. The molecule has 4 aromatic rings. The largest absolute Gasteiger partial charge is 0.416 e. The zero-order valence-electron chi connectivity index (χ0n) is 25.3. The minimum atomic E-state index is -4.56. The third-order valence-electron chi connectivity index (χ3n) is 8.95. The lowest BCUT2D eigenvalue weighted by Gasteiger charge is -2.38. The third kappa shape index (κ3) is 6.28. The summed E-state index contributed by atoms with van der Waals surface area (Å²) in [6, 6.07) is 9.33. The van der Waals surface area contributed by atoms with Gasteiger partial charge in [-0.05, 0) is 55.3 Å². The van der Waals surface area contributed by atoms with Crippen LogP contribution in [0.4, 0.5) is 24.7 Å². The highest BCUT2D eigenvalue weighted by Gasteiger charge is 2.45. The number of hydrogen-bond acceptors (Lipinski definition) is 8. The Morgan fingerprint density at radius 3 is 2.59 bits per heavy atom. The molecule has 3 aliphatic heterocycles. The number of piperazine rings is 1. The van der Waals surface area contributed by atoms with Crippen molar-refractivity contribution in [3.8, 4) is 11.8 Å². The molecule has 0 radical (unpaired) electrons. The smallest absolute Gasteiger partial charge is 0.373 e. The van der Waals surface area contributed by atoms with Crippen molar-refractivity contribution in [2.24, 2.45) is 0 Å². The minimum absolute atomic E-state index is 0.0484. The lowest BCUT2D eigenvalue weighted by molar-refractivity contribution is -0.138. The molecule has 0 aliphatic carbocycles. The van der Waals surface area contributed by atoms with E-state index in [4.69, 9.17) is 9.84 Å². The molecule has 1 aromatic carbocycles. The first kappa shape index (κ1) is 30.2. The number of aromatic nitrogens is 4. The zero-order chi connectivity index (χ0) is 31.9. The summed E-state index contributed by atoms with van der Waals surface area (Å²) in [5, 5.41) is 7.36. The third-order valence-corrected chi connectivity index (χ3v) is 8.95. The Kier molecular flexibility index (Phi) is 7.88. The van der Waals surface area contributed by atoms with Gasteiger partial charge in [-0.2, -0.15) is 13.2 Å². The first-order valence-electron chi connectivity index (χ1n) is 15.3. The fourth-order valence-corrected chi connectivity index (χ4v) is 6.15. The molecular weight excluding hydrogens is 597 g/mol. The monoisotopic (exact) mass is 630 g/mol. The molecule has 1 atom stereocenters. The van der Waals surface area contributed by atoms with E-state index in [2.05, 4.69) is 36.9 Å². The Balaban J connectivity index is 1.06. The van der Waals surface area contributed by atoms with E-state index in [0.29, 0.717) is 30.0 Å². The van der Waals surface area contributed by atoms with Crippen molar-refractivity contribution < 1.29 is 22.7 Å². The molecule has 3 saturated heterocycles. The maximum atomic E-state index is 14.0. The van der Waals surface area contributed by atoms with Gasteiger partial charge in [-0.15, -0.1) is 5.10 Å². The average molecular weight is 631 g/mol. The number of nitrogens with zero attached hydrogens (tertiary/aromatic N) is 7. The van der Waals surface area contributed by atoms with Crippen LogP contribution in [-0.2, 0) is 17.5 Å². The number of pyridine rings is 1. The molecule has 238 valence electrons. The van der Waals surface area contributed by atoms with Gasteiger partial charge in [0.1, 0.15) is 11.5 Å². The van der Waals surface area contributed by atoms with Crippen molar-refractivity contribution >= 4 is 23.1 Å². The van der Waals surface area contributed by atoms with E-state index in [1.54, 1.807) is 16.8 Å². The molecule has 13 heteroatoms. The summed E-state index contributed by atoms with van der Waals surface area (Å²) in [6.07, 6.45) is 1.99. The van der Waals surface area contributed by atoms with Crippen LogP contribution in [0.25, 0.3) is 5.65 Å². The van der Waals surface area contributed by atoms with Gasteiger partial charge in [-0.25, -0.2) is 9.50 Å². The van der Waals surface area contributed by atoms with E-state index in [9.17, 15) is 18.0 Å². The normalized spacial score (nSPS) is 20.5. The molecule has 1 unspecified atom stereocenters. The van der Waals surface area contributed by atoms with E-state index in [1.807, 2.05) is 24.1 Å². The molecule has 7 rings (SSSR count). The Morgan fingerprint density at radius 2 is 1.85 bits per heavy atom. The fourth-order valence-electron chi connectivity index (χ4n) is 6.15. The van der Waals surface area contributed by atoms with Crippen LogP contribution in [-0.4, -0.2) is 93.8 Å². The first-order valence-corrected chi connectivity index (χ1v) is 15.3. The molecule has 3 aliphatic rings. The Bertz CT molecular complexity index is 1830. The minimum Gasteiger partial charge on any atom is -0.373 e. The van der Waals surface area contributed by atoms with Gasteiger partial charge in [-0.3, -0.25) is 14.7 Å². The topological polar surface area (TPSA) is 91.1 Å². The van der Waals surface area contributed by atoms with E-state index in [-0.39, 0.29) is 29.0 Å². The Hall–Kier alpha value is -4.51. The molecule has 6 heterocycles. The number of alkyl halides is 3. The number of hydrogen-bond donors (Lipinski definition) is 1. The van der Waals surface area contributed by atoms with E-state index in [0.717, 1.165) is 57.5 Å². The van der Waals surface area contributed by atoms with Crippen LogP contribution in [0.3, 0.4) is 0 Å². The summed E-state index contributed by atoms with van der Waals surface area (Å²) in [7, 11) is 2.00. The molecule has 46 heavy (non-hydrogen) atoms. The summed E-state index contributed by atoms with van der Waals surface area (Å²) in [6.45, 7) is 5.68. The lowest BCUT2D eigenvalue weighted by Crippen LogP contribution is -2.46. The van der Waals surface area contributed by atoms with Crippen LogP contribution in [0.2, 0.25) is 0 Å². The number of amides is 1. The molecule has 3 fully saturated rings. The van der Waals surface area contributed by atoms with Gasteiger partial charge in [0.05, 0.1) is 29.5 Å². The summed E-state index contributed by atoms with van der Waals surface area (Å²) in [4.78, 5) is 28.0. The number of halogens is 3. The van der Waals surface area contributed by atoms with Crippen molar-refractivity contribution in [3.63, 3.8) is 0 Å². The zero-order valence-corrected chi connectivity index (χ0v) is 25.3. The molecule has 1 amide bonds. The van der Waals surface area contributed by atoms with Gasteiger partial charge in [0.2, 0.25) is 0 Å². The van der Waals surface area contributed by atoms with E-state index >= 15 is 0 Å². The number of carbonyl (C=O) groups excluding carboxylic acids is 1. The molecule has 10 nitrogen and oxygen atoms in total. The molecule has 1 N–H and O–H groups in total. The summed E-state index contributed by atoms with van der Waals surface area (Å²) in [5.74, 6) is 6.31. The number of imidazole rings is 1. The molecule has 3 aromatic heterocycles. The van der Waals surface area contributed by atoms with Gasteiger partial charge in [-0.1, -0.05) is 12.0 Å². The quantitative estimate of drug-likeness (QED) is 0.332. The highest BCUT2D eigenvalue weighted by atomic mass is 19.4. The number of fused-ring (bicyclic) bond motifs is 1. The predicted molar refractivity (Wildman–Crippen MR) is 166 cm³/mol. The van der Waals surface area contributed by atoms with Crippen molar-refractivity contribution in [2.45, 2.75) is 31.2 Å². The van der Waals surface area contributed by atoms with Gasteiger partial charge in [0.25, 0.3) is 5.91 Å². The fraction of sp³-hybridized carbons (Fsp3) is 0.394. The van der Waals surface area contributed by atoms with Crippen LogP contribution in [0.15, 0.2) is 55.0 Å². The predicted octanol–water partition coefficient (Wildman–Crippen LogP) is 3.91. The van der Waals surface area contributed by atoms with Crippen LogP contribution in [0, 0.1) is 11.8 Å². The van der Waals surface area contributed by atoms with Gasteiger partial charge in [0.15, 0.2) is 5.65 Å². The van der Waals surface area contributed by atoms with Crippen LogP contribution in [0.5, 0.6) is 0 Å². The summed E-state index contributed by atoms with van der Waals surface area (Å²) in [5.41, 5.74) is 1.27. The van der Waals surface area contributed by atoms with Crippen molar-refractivity contribution in [1.29, 1.82) is 0 Å². The average Bonchev–Trinajstić information content (AvgIpc) is 3.67. The van der Waals surface area contributed by atoms with Crippen LogP contribution in [0.1, 0.15) is 45.6 Å². The number of likely N-dealkylation sites (N-methyl/N-ethyl adjacent to an activating group) is 1. The van der Waals surface area contributed by atoms with Crippen molar-refractivity contribution in [2.75, 3.05) is 63.1 Å². The SMILES string of the molecule is CN1CCN(Cc2ccc(NC(=O)c3cncc(C#Cc4cnc5ccc(N6CCC7(CCO7)C6)nn45)c3)cc2C(F)(F)F)CC1. The van der Waals surface area contributed by atoms with Gasteiger partial charge in [0, 0.05) is 75.9 Å². The van der Waals surface area contributed by atoms with Crippen LogP contribution < -0.4 is 10.2 Å². The van der Waals surface area contributed by atoms with E-state index < -0.39 is 17.6 Å². The number of benzene rings is 1. The number of carbonyl (C=O) groups is 1. The second kappa shape index (κ2) is 12.0. The molecule has 0 bridgehead atoms. The highest BCUT2D eigenvalue weighted by Crippen LogP contribution is 2.37. The summed E-state index contributed by atoms with van der Waals surface area (Å²) >= 11 is 0. The maximum absolute atomic E-state index is 14.0. The number of anilines is 2. The summed E-state index contributed by atoms with van der Waals surface area (Å²) < 4.78 is 49.6. The second-order valence-electron chi connectivity index (χ2n) is 12.2. The Morgan fingerprint density at radius 1 is 1.02 bits per heavy atom. The first-order chi connectivity index (χ1) is 22.1. The lowest BCUT2D eigenvalue weighted by atomic mass is 9.94. The molecule has 0 saturated carbocycles. The van der Waals surface area contributed by atoms with E-state index in [1.165, 1.54) is 24.5 Å². The van der Waals surface area contributed by atoms with Gasteiger partial charge >= 0.3 is 6.18 Å². The van der Waals surface area contributed by atoms with Crippen molar-refractivity contribution in [3.05, 3.63) is 82.9 Å². The number of rotatable bonds is 5. The second-order valence-corrected chi connectivity index (χ2v) is 12.2. The van der Waals surface area contributed by atoms with Crippen molar-refractivity contribution in [1.82, 2.24) is 29.4 Å². The number of nitrogens with one attached hydrogen (secondary N) is 1. The molecule has 1 spiro atoms. The highest BCUT2D eigenvalue weighted by molar-refractivity contribution is 6.04. The molecular formula is C33H33F3N8O2. The maximum Gasteiger partial charge on any atom is 0.416 e. The standard InChI is InChI=1S/C33H33F3N8O2/c1-41-11-13-42(14-12-41)21-24-3-4-26(17-28(24)33(34,35)36)39-31(45)25-16-23(18-37-19-25)2-5-27-20-38-29-6-7-30(40-44(27)29)43-10-8-32(22-43)9-15-46-32/h3-4,6-7,16-20H,8-15,21-22H2,1H3,(H,39,45). The van der Waals surface area contributed by atoms with Crippen LogP contribution >= 0.6 is 0 Å². The van der Waals surface area contributed by atoms with Gasteiger partial charge < -0.3 is 19.9 Å². The Labute approximate surface area is 264 Å².